The van der Waals surface area contributed by atoms with Crippen LogP contribution in [0, 0.1) is 5.41 Å². The minimum Gasteiger partial charge on any atom is -0.385 e. The van der Waals surface area contributed by atoms with E-state index < -0.39 is 5.60 Å². The Kier molecular flexibility index (Phi) is 4.67. The predicted molar refractivity (Wildman–Crippen MR) is 77.4 cm³/mol. The molecule has 0 spiro atoms. The van der Waals surface area contributed by atoms with Crippen molar-refractivity contribution < 1.29 is 5.11 Å². The Bertz CT molecular complexity index is 394. The summed E-state index contributed by atoms with van der Waals surface area (Å²) in [5.74, 6) is 0. The molecule has 1 aromatic carbocycles. The number of hydrogen-bond donors (Lipinski definition) is 1. The molecule has 17 heavy (non-hydrogen) atoms. The van der Waals surface area contributed by atoms with E-state index in [1.165, 1.54) is 0 Å². The summed E-state index contributed by atoms with van der Waals surface area (Å²) in [4.78, 5) is 0. The van der Waals surface area contributed by atoms with Gasteiger partial charge in [-0.3, -0.25) is 0 Å². The lowest BCUT2D eigenvalue weighted by atomic mass is 9.82. The van der Waals surface area contributed by atoms with Crippen LogP contribution in [0.15, 0.2) is 22.7 Å². The molecule has 96 valence electrons. The lowest BCUT2D eigenvalue weighted by Crippen LogP contribution is -2.24. The molecule has 0 amide bonds. The third-order valence-corrected chi connectivity index (χ3v) is 3.68. The molecular weight excluding hydrogens is 300 g/mol. The van der Waals surface area contributed by atoms with Gasteiger partial charge in [0.2, 0.25) is 0 Å². The van der Waals surface area contributed by atoms with E-state index in [9.17, 15) is 5.11 Å². The van der Waals surface area contributed by atoms with Crippen molar-refractivity contribution in [1.29, 1.82) is 0 Å². The minimum atomic E-state index is -0.870. The first-order valence-electron chi connectivity index (χ1n) is 5.80. The zero-order valence-electron chi connectivity index (χ0n) is 10.8. The number of hydrogen-bond acceptors (Lipinski definition) is 1. The molecule has 0 aliphatic rings. The quantitative estimate of drug-likeness (QED) is 0.818. The molecule has 0 aliphatic carbocycles. The molecule has 3 heteroatoms. The fourth-order valence-corrected chi connectivity index (χ4v) is 2.56. The van der Waals surface area contributed by atoms with Crippen molar-refractivity contribution in [2.75, 3.05) is 0 Å². The van der Waals surface area contributed by atoms with Crippen molar-refractivity contribution in [3.63, 3.8) is 0 Å². The van der Waals surface area contributed by atoms with Gasteiger partial charge in [0, 0.05) is 15.1 Å². The maximum absolute atomic E-state index is 10.5. The number of benzene rings is 1. The largest absolute Gasteiger partial charge is 0.385 e. The summed E-state index contributed by atoms with van der Waals surface area (Å²) < 4.78 is 0.929. The molecular formula is C14H20BrClO. The van der Waals surface area contributed by atoms with Crippen molar-refractivity contribution in [3.8, 4) is 0 Å². The van der Waals surface area contributed by atoms with Gasteiger partial charge in [-0.1, -0.05) is 54.4 Å². The van der Waals surface area contributed by atoms with Crippen molar-refractivity contribution in [1.82, 2.24) is 0 Å². The van der Waals surface area contributed by atoms with Gasteiger partial charge < -0.3 is 5.11 Å². The van der Waals surface area contributed by atoms with Gasteiger partial charge in [0.05, 0.1) is 5.60 Å². The van der Waals surface area contributed by atoms with Gasteiger partial charge in [0.15, 0.2) is 0 Å². The lowest BCUT2D eigenvalue weighted by Gasteiger charge is -2.29. The second-order valence-electron chi connectivity index (χ2n) is 5.96. The molecule has 0 bridgehead atoms. The van der Waals surface area contributed by atoms with E-state index >= 15 is 0 Å². The Morgan fingerprint density at radius 3 is 2.24 bits per heavy atom. The Morgan fingerprint density at radius 2 is 1.76 bits per heavy atom. The summed E-state index contributed by atoms with van der Waals surface area (Å²) >= 11 is 9.54. The van der Waals surface area contributed by atoms with E-state index in [-0.39, 0.29) is 5.41 Å². The van der Waals surface area contributed by atoms with Crippen LogP contribution < -0.4 is 0 Å². The Balaban J connectivity index is 2.89. The average Bonchev–Trinajstić information content (AvgIpc) is 2.13. The average molecular weight is 320 g/mol. The van der Waals surface area contributed by atoms with Gasteiger partial charge in [0.25, 0.3) is 0 Å². The molecule has 0 fully saturated rings. The van der Waals surface area contributed by atoms with Crippen LogP contribution >= 0.6 is 27.5 Å². The predicted octanol–water partition coefficient (Wildman–Crippen LogP) is 5.14. The molecule has 1 nitrogen and oxygen atoms in total. The zero-order chi connectivity index (χ0) is 13.3. The number of aliphatic hydroxyl groups is 1. The molecule has 1 aromatic rings. The minimum absolute atomic E-state index is 0.214. The highest BCUT2D eigenvalue weighted by Crippen LogP contribution is 2.36. The summed E-state index contributed by atoms with van der Waals surface area (Å²) in [6.45, 7) is 8.35. The monoisotopic (exact) mass is 318 g/mol. The lowest BCUT2D eigenvalue weighted by molar-refractivity contribution is 0.0359. The van der Waals surface area contributed by atoms with Crippen LogP contribution in [0.5, 0.6) is 0 Å². The van der Waals surface area contributed by atoms with Gasteiger partial charge in [-0.2, -0.15) is 0 Å². The van der Waals surface area contributed by atoms with Crippen LogP contribution in [-0.2, 0) is 5.60 Å². The van der Waals surface area contributed by atoms with E-state index in [4.69, 9.17) is 11.6 Å². The SMILES string of the molecule is CC(C)(C)CCC(C)(O)c1ccc(Br)cc1Cl. The first kappa shape index (κ1) is 15.0. The second kappa shape index (κ2) is 5.29. The highest BCUT2D eigenvalue weighted by atomic mass is 79.9. The van der Waals surface area contributed by atoms with Crippen LogP contribution in [0.2, 0.25) is 5.02 Å². The van der Waals surface area contributed by atoms with Gasteiger partial charge in [-0.15, -0.1) is 0 Å². The normalized spacial score (nSPS) is 15.7. The van der Waals surface area contributed by atoms with Gasteiger partial charge in [0.1, 0.15) is 0 Å². The smallest absolute Gasteiger partial charge is 0.0883 e. The number of rotatable bonds is 3. The molecule has 1 N–H and O–H groups in total. The summed E-state index contributed by atoms with van der Waals surface area (Å²) in [5, 5.41) is 11.1. The molecule has 0 saturated heterocycles. The molecule has 0 aromatic heterocycles. The maximum Gasteiger partial charge on any atom is 0.0883 e. The van der Waals surface area contributed by atoms with Crippen LogP contribution in [0.1, 0.15) is 46.1 Å². The third-order valence-electron chi connectivity index (χ3n) is 2.87. The van der Waals surface area contributed by atoms with E-state index in [0.29, 0.717) is 11.4 Å². The van der Waals surface area contributed by atoms with Crippen molar-refractivity contribution in [2.24, 2.45) is 5.41 Å². The van der Waals surface area contributed by atoms with E-state index in [1.54, 1.807) is 0 Å². The Hall–Kier alpha value is -0.0500. The zero-order valence-corrected chi connectivity index (χ0v) is 13.2. The van der Waals surface area contributed by atoms with Crippen LogP contribution in [0.25, 0.3) is 0 Å². The standard InChI is InChI=1S/C14H20BrClO/c1-13(2,3)7-8-14(4,17)11-6-5-10(15)9-12(11)16/h5-6,9,17H,7-8H2,1-4H3. The van der Waals surface area contributed by atoms with E-state index in [0.717, 1.165) is 16.5 Å². The highest BCUT2D eigenvalue weighted by molar-refractivity contribution is 9.10. The molecule has 1 rings (SSSR count). The van der Waals surface area contributed by atoms with Crippen LogP contribution in [0.4, 0.5) is 0 Å². The fraction of sp³-hybridized carbons (Fsp3) is 0.571. The fourth-order valence-electron chi connectivity index (χ4n) is 1.68. The van der Waals surface area contributed by atoms with Crippen LogP contribution in [0.3, 0.4) is 0 Å². The molecule has 0 heterocycles. The first-order valence-corrected chi connectivity index (χ1v) is 6.97. The molecule has 1 unspecified atom stereocenters. The maximum atomic E-state index is 10.5. The van der Waals surface area contributed by atoms with Crippen molar-refractivity contribution >= 4 is 27.5 Å². The summed E-state index contributed by atoms with van der Waals surface area (Å²) in [6, 6.07) is 5.62. The highest BCUT2D eigenvalue weighted by Gasteiger charge is 2.27. The summed E-state index contributed by atoms with van der Waals surface area (Å²) in [6.07, 6.45) is 1.66. The van der Waals surface area contributed by atoms with Crippen LogP contribution in [-0.4, -0.2) is 5.11 Å². The molecule has 0 saturated carbocycles. The van der Waals surface area contributed by atoms with Gasteiger partial charge in [-0.25, -0.2) is 0 Å². The molecule has 1 atom stereocenters. The summed E-state index contributed by atoms with van der Waals surface area (Å²) in [5.41, 5.74) is 0.142. The first-order chi connectivity index (χ1) is 7.62. The van der Waals surface area contributed by atoms with E-state index in [1.807, 2.05) is 25.1 Å². The summed E-state index contributed by atoms with van der Waals surface area (Å²) in [7, 11) is 0. The van der Waals surface area contributed by atoms with Gasteiger partial charge in [-0.05, 0) is 37.3 Å². The third kappa shape index (κ3) is 4.61. The topological polar surface area (TPSA) is 20.2 Å². The van der Waals surface area contributed by atoms with E-state index in [2.05, 4.69) is 36.7 Å². The Labute approximate surface area is 117 Å². The second-order valence-corrected chi connectivity index (χ2v) is 7.28. The number of halogens is 2. The molecule has 0 radical (unpaired) electrons. The van der Waals surface area contributed by atoms with Crippen molar-refractivity contribution in [3.05, 3.63) is 33.3 Å². The van der Waals surface area contributed by atoms with Crippen molar-refractivity contribution in [2.45, 2.75) is 46.1 Å². The Morgan fingerprint density at radius 1 is 1.18 bits per heavy atom. The van der Waals surface area contributed by atoms with Gasteiger partial charge >= 0.3 is 0 Å². The molecule has 0 aliphatic heterocycles.